The van der Waals surface area contributed by atoms with Gasteiger partial charge < -0.3 is 11.1 Å². The molecule has 0 amide bonds. The van der Waals surface area contributed by atoms with Crippen molar-refractivity contribution in [2.75, 3.05) is 11.1 Å². The molecule has 4 aromatic rings. The maximum atomic E-state index is 13.8. The molecule has 1 aliphatic rings. The number of rotatable bonds is 4. The molecule has 1 aliphatic carbocycles. The first-order valence-electron chi connectivity index (χ1n) is 9.93. The number of nitrogens with two attached hydrogens (primary N) is 1. The first kappa shape index (κ1) is 18.8. The Labute approximate surface area is 177 Å². The summed E-state index contributed by atoms with van der Waals surface area (Å²) in [7, 11) is 0. The molecule has 152 valence electrons. The van der Waals surface area contributed by atoms with Gasteiger partial charge in [-0.2, -0.15) is 4.98 Å². The van der Waals surface area contributed by atoms with Crippen LogP contribution in [0.25, 0.3) is 28.0 Å². The van der Waals surface area contributed by atoms with Crippen LogP contribution in [0.5, 0.6) is 0 Å². The molecule has 1 fully saturated rings. The van der Waals surface area contributed by atoms with Gasteiger partial charge in [0, 0.05) is 16.6 Å². The van der Waals surface area contributed by atoms with Gasteiger partial charge in [0.05, 0.1) is 16.8 Å². The highest BCUT2D eigenvalue weighted by Gasteiger charge is 2.22. The number of nitrogen functional groups attached to an aromatic ring is 1. The highest BCUT2D eigenvalue weighted by atomic mass is 35.5. The summed E-state index contributed by atoms with van der Waals surface area (Å²) < 4.78 is 15.3. The predicted octanol–water partition coefficient (Wildman–Crippen LogP) is 5.21. The first-order chi connectivity index (χ1) is 14.6. The summed E-state index contributed by atoms with van der Waals surface area (Å²) in [6.45, 7) is 0. The third-order valence-corrected chi connectivity index (χ3v) is 5.64. The summed E-state index contributed by atoms with van der Waals surface area (Å²) in [6, 6.07) is 13.9. The van der Waals surface area contributed by atoms with Crippen molar-refractivity contribution in [3.8, 4) is 16.9 Å². The lowest BCUT2D eigenvalue weighted by Gasteiger charge is -2.13. The highest BCUT2D eigenvalue weighted by Crippen LogP contribution is 2.34. The van der Waals surface area contributed by atoms with Gasteiger partial charge in [0.25, 0.3) is 0 Å². The normalized spacial score (nSPS) is 14.5. The number of fused-ring (bicyclic) bond motifs is 1. The Morgan fingerprint density at radius 3 is 2.63 bits per heavy atom. The molecule has 2 aromatic heterocycles. The van der Waals surface area contributed by atoms with E-state index in [1.54, 1.807) is 18.2 Å². The largest absolute Gasteiger partial charge is 0.383 e. The smallest absolute Gasteiger partial charge is 0.225 e. The van der Waals surface area contributed by atoms with Crippen molar-refractivity contribution in [2.45, 2.75) is 31.7 Å². The molecule has 2 heterocycles. The van der Waals surface area contributed by atoms with Crippen molar-refractivity contribution in [1.29, 1.82) is 0 Å². The van der Waals surface area contributed by atoms with E-state index in [0.717, 1.165) is 18.4 Å². The van der Waals surface area contributed by atoms with E-state index in [4.69, 9.17) is 22.3 Å². The third-order valence-electron chi connectivity index (χ3n) is 5.41. The van der Waals surface area contributed by atoms with Gasteiger partial charge in [-0.1, -0.05) is 42.6 Å². The Balaban J connectivity index is 1.71. The van der Waals surface area contributed by atoms with Gasteiger partial charge in [-0.15, -0.1) is 5.10 Å². The van der Waals surface area contributed by atoms with Crippen LogP contribution in [0.3, 0.4) is 0 Å². The molecule has 1 saturated carbocycles. The van der Waals surface area contributed by atoms with Gasteiger partial charge in [0.2, 0.25) is 5.95 Å². The van der Waals surface area contributed by atoms with Gasteiger partial charge in [-0.25, -0.2) is 14.1 Å². The maximum Gasteiger partial charge on any atom is 0.225 e. The molecule has 0 spiro atoms. The average Bonchev–Trinajstić information content (AvgIpc) is 3.35. The minimum absolute atomic E-state index is 0.345. The first-order valence-corrected chi connectivity index (χ1v) is 10.3. The molecular weight excluding hydrogens is 403 g/mol. The van der Waals surface area contributed by atoms with Gasteiger partial charge in [-0.05, 0) is 43.2 Å². The van der Waals surface area contributed by atoms with Crippen LogP contribution in [0.2, 0.25) is 5.02 Å². The van der Waals surface area contributed by atoms with Crippen molar-refractivity contribution in [2.24, 2.45) is 0 Å². The summed E-state index contributed by atoms with van der Waals surface area (Å²) in [5.41, 5.74) is 8.88. The average molecular weight is 423 g/mol. The van der Waals surface area contributed by atoms with Crippen molar-refractivity contribution in [3.63, 3.8) is 0 Å². The number of aromatic nitrogens is 4. The number of hydrogen-bond acceptors (Lipinski definition) is 5. The molecule has 0 unspecified atom stereocenters. The predicted molar refractivity (Wildman–Crippen MR) is 117 cm³/mol. The Morgan fingerprint density at radius 2 is 1.87 bits per heavy atom. The summed E-state index contributed by atoms with van der Waals surface area (Å²) in [6.07, 6.45) is 4.58. The van der Waals surface area contributed by atoms with Crippen LogP contribution in [0.15, 0.2) is 48.5 Å². The lowest BCUT2D eigenvalue weighted by Crippen LogP contribution is -2.17. The summed E-state index contributed by atoms with van der Waals surface area (Å²) in [5, 5.41) is 9.21. The molecule has 3 N–H and O–H groups in total. The molecule has 0 saturated heterocycles. The van der Waals surface area contributed by atoms with Crippen molar-refractivity contribution in [1.82, 2.24) is 19.7 Å². The Hall–Kier alpha value is -3.19. The molecule has 8 heteroatoms. The molecule has 0 radical (unpaired) electrons. The Bertz CT molecular complexity index is 1230. The minimum atomic E-state index is -0.365. The van der Waals surface area contributed by atoms with Crippen LogP contribution in [0, 0.1) is 5.82 Å². The van der Waals surface area contributed by atoms with E-state index < -0.39 is 0 Å². The standard InChI is InChI=1S/C22H20ClFN6/c23-14-6-3-5-13(11-14)19-18-20(25)30(17-10-4-7-15(24)12-17)29-21(18)28-22(27-19)26-16-8-1-2-9-16/h3-7,10-12,16H,1-2,8-9,25H2,(H,26,28,29). The van der Waals surface area contributed by atoms with Crippen LogP contribution in [-0.4, -0.2) is 25.8 Å². The molecule has 0 aliphatic heterocycles. The zero-order valence-corrected chi connectivity index (χ0v) is 16.9. The van der Waals surface area contributed by atoms with Crippen LogP contribution in [-0.2, 0) is 0 Å². The van der Waals surface area contributed by atoms with Crippen LogP contribution in [0.4, 0.5) is 16.2 Å². The van der Waals surface area contributed by atoms with Crippen LogP contribution < -0.4 is 11.1 Å². The summed E-state index contributed by atoms with van der Waals surface area (Å²) in [4.78, 5) is 9.39. The van der Waals surface area contributed by atoms with Crippen molar-refractivity contribution in [3.05, 3.63) is 59.4 Å². The third kappa shape index (κ3) is 3.45. The van der Waals surface area contributed by atoms with Crippen LogP contribution in [0.1, 0.15) is 25.7 Å². The molecule has 6 nitrogen and oxygen atoms in total. The second-order valence-corrected chi connectivity index (χ2v) is 7.94. The second-order valence-electron chi connectivity index (χ2n) is 7.51. The number of nitrogens with zero attached hydrogens (tertiary/aromatic N) is 4. The van der Waals surface area contributed by atoms with Crippen molar-refractivity contribution >= 4 is 34.4 Å². The Morgan fingerprint density at radius 1 is 1.07 bits per heavy atom. The fourth-order valence-electron chi connectivity index (χ4n) is 3.98. The number of nitrogens with one attached hydrogen (secondary N) is 1. The summed E-state index contributed by atoms with van der Waals surface area (Å²) >= 11 is 6.23. The topological polar surface area (TPSA) is 81.7 Å². The minimum Gasteiger partial charge on any atom is -0.383 e. The number of benzene rings is 2. The second kappa shape index (κ2) is 7.57. The lowest BCUT2D eigenvalue weighted by molar-refractivity contribution is 0.625. The molecule has 5 rings (SSSR count). The maximum absolute atomic E-state index is 13.8. The molecular formula is C22H20ClFN6. The molecule has 0 atom stereocenters. The van der Waals surface area contributed by atoms with E-state index in [-0.39, 0.29) is 5.82 Å². The highest BCUT2D eigenvalue weighted by molar-refractivity contribution is 6.30. The van der Waals surface area contributed by atoms with E-state index >= 15 is 0 Å². The van der Waals surface area contributed by atoms with Crippen molar-refractivity contribution < 1.29 is 4.39 Å². The fourth-order valence-corrected chi connectivity index (χ4v) is 4.17. The SMILES string of the molecule is Nc1c2c(-c3cccc(Cl)c3)nc(NC3CCCC3)nc2nn1-c1cccc(F)c1. The summed E-state index contributed by atoms with van der Waals surface area (Å²) in [5.74, 6) is 0.488. The van der Waals surface area contributed by atoms with E-state index in [0.29, 0.717) is 45.2 Å². The van der Waals surface area contributed by atoms with E-state index in [1.807, 2.05) is 18.2 Å². The van der Waals surface area contributed by atoms with Crippen LogP contribution >= 0.6 is 11.6 Å². The van der Waals surface area contributed by atoms with Gasteiger partial charge >= 0.3 is 0 Å². The van der Waals surface area contributed by atoms with Gasteiger partial charge in [-0.3, -0.25) is 0 Å². The number of halogens is 2. The number of hydrogen-bond donors (Lipinski definition) is 2. The van der Waals surface area contributed by atoms with Gasteiger partial charge in [0.15, 0.2) is 5.65 Å². The quantitative estimate of drug-likeness (QED) is 0.471. The zero-order valence-electron chi connectivity index (χ0n) is 16.1. The molecule has 2 aromatic carbocycles. The Kier molecular flexibility index (Phi) is 4.75. The fraction of sp³-hybridized carbons (Fsp3) is 0.227. The van der Waals surface area contributed by atoms with E-state index in [2.05, 4.69) is 15.4 Å². The lowest BCUT2D eigenvalue weighted by atomic mass is 10.1. The number of anilines is 2. The molecule has 30 heavy (non-hydrogen) atoms. The zero-order chi connectivity index (χ0) is 20.7. The van der Waals surface area contributed by atoms with E-state index in [9.17, 15) is 4.39 Å². The van der Waals surface area contributed by atoms with Gasteiger partial charge in [0.1, 0.15) is 11.6 Å². The molecule has 0 bridgehead atoms. The monoisotopic (exact) mass is 422 g/mol. The van der Waals surface area contributed by atoms with E-state index in [1.165, 1.54) is 29.7 Å².